The number of ether oxygens (including phenoxy) is 1. The lowest BCUT2D eigenvalue weighted by molar-refractivity contribution is 0.415. The molecule has 1 aliphatic rings. The van der Waals surface area contributed by atoms with Crippen LogP contribution in [0.5, 0.6) is 5.75 Å². The van der Waals surface area contributed by atoms with Crippen molar-refractivity contribution in [2.24, 2.45) is 0 Å². The highest BCUT2D eigenvalue weighted by atomic mass is 16.5. The first kappa shape index (κ1) is 19.0. The summed E-state index contributed by atoms with van der Waals surface area (Å²) in [6, 6.07) is 8.30. The highest BCUT2D eigenvalue weighted by Gasteiger charge is 2.27. The summed E-state index contributed by atoms with van der Waals surface area (Å²) in [5.74, 6) is 5.01. The highest BCUT2D eigenvalue weighted by Crippen LogP contribution is 2.34. The molecular weight excluding hydrogens is 359 g/mol. The van der Waals surface area contributed by atoms with E-state index in [1.807, 2.05) is 55.9 Å². The first-order chi connectivity index (χ1) is 14.2. The van der Waals surface area contributed by atoms with Crippen molar-refractivity contribution in [2.45, 2.75) is 25.8 Å². The minimum Gasteiger partial charge on any atom is -0.458 e. The van der Waals surface area contributed by atoms with E-state index in [-0.39, 0.29) is 0 Å². The van der Waals surface area contributed by atoms with Gasteiger partial charge in [-0.25, -0.2) is 4.98 Å². The standard InChI is InChI=1S/C23H23BN4O/c1-3-5-7-18(4-2)29-19-11-9-17(10-12-19)22-21-16-25-13-15-27(21)23(26-22)20-8-6-14-28(20)24/h1,4-5,7,9-13,15-16,20H,6,8,14,24H2,2H3/b7-5-,18-4+/t20-/m1/s1. The van der Waals surface area contributed by atoms with Crippen LogP contribution >= 0.6 is 0 Å². The smallest absolute Gasteiger partial charge is 0.186 e. The molecule has 1 aliphatic heterocycles. The van der Waals surface area contributed by atoms with Crippen LogP contribution in [0.4, 0.5) is 0 Å². The number of allylic oxidation sites excluding steroid dienone is 3. The molecule has 0 unspecified atom stereocenters. The predicted molar refractivity (Wildman–Crippen MR) is 118 cm³/mol. The van der Waals surface area contributed by atoms with Gasteiger partial charge in [-0.1, -0.05) is 5.92 Å². The zero-order valence-corrected chi connectivity index (χ0v) is 16.7. The summed E-state index contributed by atoms with van der Waals surface area (Å²) < 4.78 is 8.05. The number of hydrogen-bond acceptors (Lipinski definition) is 4. The molecular formula is C23H23BN4O. The van der Waals surface area contributed by atoms with Gasteiger partial charge < -0.3 is 9.55 Å². The van der Waals surface area contributed by atoms with Crippen molar-refractivity contribution in [3.05, 3.63) is 72.7 Å². The predicted octanol–water partition coefficient (Wildman–Crippen LogP) is 3.55. The Hall–Kier alpha value is -3.30. The number of aromatic nitrogens is 3. The molecule has 3 heterocycles. The molecule has 0 N–H and O–H groups in total. The van der Waals surface area contributed by atoms with Crippen molar-refractivity contribution in [1.29, 1.82) is 0 Å². The Bertz CT molecular complexity index is 1110. The molecule has 29 heavy (non-hydrogen) atoms. The number of imidazole rings is 1. The minimum absolute atomic E-state index is 0.335. The van der Waals surface area contributed by atoms with Gasteiger partial charge in [0.1, 0.15) is 17.3 Å². The summed E-state index contributed by atoms with van der Waals surface area (Å²) in [5.41, 5.74) is 3.00. The molecule has 0 bridgehead atoms. The molecule has 6 heteroatoms. The average molecular weight is 382 g/mol. The van der Waals surface area contributed by atoms with Crippen LogP contribution in [-0.2, 0) is 0 Å². The molecule has 0 amide bonds. The van der Waals surface area contributed by atoms with E-state index in [9.17, 15) is 0 Å². The van der Waals surface area contributed by atoms with Gasteiger partial charge in [-0.2, -0.15) is 0 Å². The second kappa shape index (κ2) is 8.38. The fourth-order valence-electron chi connectivity index (χ4n) is 3.78. The van der Waals surface area contributed by atoms with E-state index >= 15 is 0 Å². The zero-order chi connectivity index (χ0) is 20.2. The first-order valence-electron chi connectivity index (χ1n) is 9.80. The maximum atomic E-state index is 5.88. The van der Waals surface area contributed by atoms with Gasteiger partial charge in [-0.05, 0) is 68.8 Å². The van der Waals surface area contributed by atoms with Gasteiger partial charge >= 0.3 is 0 Å². The number of fused-ring (bicyclic) bond motifs is 1. The molecule has 0 saturated carbocycles. The molecule has 3 aromatic rings. The maximum absolute atomic E-state index is 5.88. The van der Waals surface area contributed by atoms with Crippen molar-refractivity contribution >= 4 is 13.5 Å². The third-order valence-corrected chi connectivity index (χ3v) is 5.28. The first-order valence-corrected chi connectivity index (χ1v) is 9.80. The van der Waals surface area contributed by atoms with Crippen molar-refractivity contribution in [1.82, 2.24) is 19.2 Å². The fraction of sp³-hybridized carbons (Fsp3) is 0.217. The molecule has 1 saturated heterocycles. The van der Waals surface area contributed by atoms with Crippen molar-refractivity contribution in [3.63, 3.8) is 0 Å². The molecule has 2 aromatic heterocycles. The Morgan fingerprint density at radius 3 is 2.86 bits per heavy atom. The third-order valence-electron chi connectivity index (χ3n) is 5.28. The summed E-state index contributed by atoms with van der Waals surface area (Å²) in [5, 5.41) is 0. The van der Waals surface area contributed by atoms with E-state index in [0.29, 0.717) is 11.8 Å². The SMILES string of the molecule is BN1CCC[C@@H]1c1nc(-c2ccc(OC(/C=C\C#C)=C/C)cc2)c2cnccn12. The monoisotopic (exact) mass is 382 g/mol. The normalized spacial score (nSPS) is 17.8. The van der Waals surface area contributed by atoms with Gasteiger partial charge in [-0.3, -0.25) is 9.38 Å². The van der Waals surface area contributed by atoms with E-state index in [2.05, 4.69) is 28.1 Å². The number of terminal acetylenes is 1. The highest BCUT2D eigenvalue weighted by molar-refractivity contribution is 6.04. The van der Waals surface area contributed by atoms with Crippen LogP contribution in [0, 0.1) is 12.3 Å². The van der Waals surface area contributed by atoms with Crippen LogP contribution in [-0.4, -0.2) is 33.7 Å². The molecule has 4 rings (SSSR count). The maximum Gasteiger partial charge on any atom is 0.186 e. The van der Waals surface area contributed by atoms with Gasteiger partial charge in [-0.15, -0.1) is 6.42 Å². The van der Waals surface area contributed by atoms with E-state index in [0.717, 1.165) is 41.3 Å². The van der Waals surface area contributed by atoms with E-state index in [1.165, 1.54) is 6.42 Å². The molecule has 1 aromatic carbocycles. The Morgan fingerprint density at radius 2 is 2.17 bits per heavy atom. The molecule has 0 spiro atoms. The van der Waals surface area contributed by atoms with E-state index < -0.39 is 0 Å². The van der Waals surface area contributed by atoms with Crippen LogP contribution in [0.2, 0.25) is 0 Å². The van der Waals surface area contributed by atoms with E-state index in [1.54, 1.807) is 12.2 Å². The Morgan fingerprint density at radius 1 is 1.34 bits per heavy atom. The lowest BCUT2D eigenvalue weighted by atomic mass is 10.1. The lowest BCUT2D eigenvalue weighted by Crippen LogP contribution is -2.21. The van der Waals surface area contributed by atoms with Crippen LogP contribution in [0.15, 0.2) is 66.8 Å². The third kappa shape index (κ3) is 3.82. The Labute approximate surface area is 172 Å². The summed E-state index contributed by atoms with van der Waals surface area (Å²) in [4.78, 5) is 11.7. The fourth-order valence-corrected chi connectivity index (χ4v) is 3.78. The van der Waals surface area contributed by atoms with Gasteiger partial charge in [0.15, 0.2) is 7.98 Å². The molecule has 0 radical (unpaired) electrons. The molecule has 5 nitrogen and oxygen atoms in total. The van der Waals surface area contributed by atoms with Gasteiger partial charge in [0.2, 0.25) is 0 Å². The summed E-state index contributed by atoms with van der Waals surface area (Å²) in [7, 11) is 2.17. The van der Waals surface area contributed by atoms with Crippen molar-refractivity contribution < 1.29 is 4.74 Å². The topological polar surface area (TPSA) is 42.7 Å². The van der Waals surface area contributed by atoms with Gasteiger partial charge in [0.25, 0.3) is 0 Å². The van der Waals surface area contributed by atoms with Gasteiger partial charge in [0, 0.05) is 18.0 Å². The van der Waals surface area contributed by atoms with Crippen LogP contribution in [0.3, 0.4) is 0 Å². The largest absolute Gasteiger partial charge is 0.458 e. The minimum atomic E-state index is 0.335. The average Bonchev–Trinajstić information content (AvgIpc) is 3.35. The number of rotatable bonds is 5. The molecule has 1 fully saturated rings. The molecule has 0 aliphatic carbocycles. The Balaban J connectivity index is 1.67. The summed E-state index contributed by atoms with van der Waals surface area (Å²) >= 11 is 0. The second-order valence-corrected chi connectivity index (χ2v) is 7.11. The number of benzene rings is 1. The number of nitrogens with zero attached hydrogens (tertiary/aromatic N) is 4. The van der Waals surface area contributed by atoms with Crippen LogP contribution in [0.1, 0.15) is 31.6 Å². The van der Waals surface area contributed by atoms with Crippen molar-refractivity contribution in [3.8, 4) is 29.4 Å². The van der Waals surface area contributed by atoms with Crippen molar-refractivity contribution in [2.75, 3.05) is 6.54 Å². The van der Waals surface area contributed by atoms with E-state index in [4.69, 9.17) is 16.1 Å². The lowest BCUT2D eigenvalue weighted by Gasteiger charge is -2.18. The summed E-state index contributed by atoms with van der Waals surface area (Å²) in [6.07, 6.45) is 18.6. The Kier molecular flexibility index (Phi) is 5.50. The van der Waals surface area contributed by atoms with Crippen LogP contribution < -0.4 is 4.74 Å². The van der Waals surface area contributed by atoms with Gasteiger partial charge in [0.05, 0.1) is 23.4 Å². The molecule has 1 atom stereocenters. The zero-order valence-electron chi connectivity index (χ0n) is 16.7. The second-order valence-electron chi connectivity index (χ2n) is 7.11. The molecule has 144 valence electrons. The van der Waals surface area contributed by atoms with Crippen LogP contribution in [0.25, 0.3) is 16.8 Å². The quantitative estimate of drug-likeness (QED) is 0.293. The summed E-state index contributed by atoms with van der Waals surface area (Å²) in [6.45, 7) is 3.02. The number of hydrogen-bond donors (Lipinski definition) is 0.